The molecule has 0 atom stereocenters. The number of carbonyl (C=O) groups excluding carboxylic acids is 1. The number of carbonyl (C=O) groups is 1. The molecule has 0 unspecified atom stereocenters. The van der Waals surface area contributed by atoms with Crippen molar-refractivity contribution in [2.75, 3.05) is 6.61 Å². The van der Waals surface area contributed by atoms with Crippen LogP contribution in [0.2, 0.25) is 5.02 Å². The van der Waals surface area contributed by atoms with Crippen molar-refractivity contribution < 1.29 is 19.8 Å². The number of hydrogen-bond acceptors (Lipinski definition) is 4. The molecule has 2 rings (SSSR count). The lowest BCUT2D eigenvalue weighted by atomic mass is 9.95. The Kier molecular flexibility index (Phi) is 3.12. The second kappa shape index (κ2) is 4.33. The summed E-state index contributed by atoms with van der Waals surface area (Å²) in [6.45, 7) is 4.04. The van der Waals surface area contributed by atoms with Gasteiger partial charge in [-0.05, 0) is 25.5 Å². The molecule has 5 nitrogen and oxygen atoms in total. The summed E-state index contributed by atoms with van der Waals surface area (Å²) in [5.74, 6) is -0.704. The van der Waals surface area contributed by atoms with E-state index >= 15 is 0 Å². The van der Waals surface area contributed by atoms with Crippen LogP contribution in [0.3, 0.4) is 0 Å². The average molecular weight is 272 g/mol. The first-order valence-corrected chi connectivity index (χ1v) is 5.84. The Balaban J connectivity index is 2.21. The van der Waals surface area contributed by atoms with Crippen LogP contribution in [0.5, 0.6) is 11.5 Å². The van der Waals surface area contributed by atoms with E-state index in [1.54, 1.807) is 13.8 Å². The van der Waals surface area contributed by atoms with Gasteiger partial charge in [-0.2, -0.15) is 0 Å². The zero-order valence-electron chi connectivity index (χ0n) is 10.1. The van der Waals surface area contributed by atoms with Gasteiger partial charge in [0, 0.05) is 11.1 Å². The highest BCUT2D eigenvalue weighted by Gasteiger charge is 2.40. The molecular weight excluding hydrogens is 258 g/mol. The van der Waals surface area contributed by atoms with Crippen molar-refractivity contribution >= 4 is 17.5 Å². The molecule has 1 aromatic rings. The average Bonchev–Trinajstić information content (AvgIpc) is 2.53. The quantitative estimate of drug-likeness (QED) is 0.808. The molecule has 0 spiro atoms. The standard InChI is InChI=1S/C12H14ClNO4/c1-12(2)6-18-14(11(12)17)5-7-3-9(15)10(16)4-8(7)13/h3-4,15-16H,5-6H2,1-2H3. The first-order chi connectivity index (χ1) is 8.31. The van der Waals surface area contributed by atoms with E-state index in [1.165, 1.54) is 17.2 Å². The predicted molar refractivity (Wildman–Crippen MR) is 65.1 cm³/mol. The molecule has 1 heterocycles. The number of hydrogen-bond donors (Lipinski definition) is 2. The lowest BCUT2D eigenvalue weighted by Crippen LogP contribution is -2.30. The number of rotatable bonds is 2. The van der Waals surface area contributed by atoms with Crippen molar-refractivity contribution in [2.45, 2.75) is 20.4 Å². The predicted octanol–water partition coefficient (Wildman–Crippen LogP) is 2.05. The molecule has 18 heavy (non-hydrogen) atoms. The van der Waals surface area contributed by atoms with Gasteiger partial charge in [0.25, 0.3) is 5.91 Å². The van der Waals surface area contributed by atoms with E-state index in [0.717, 1.165) is 0 Å². The molecule has 1 fully saturated rings. The second-order valence-electron chi connectivity index (χ2n) is 4.93. The summed E-state index contributed by atoms with van der Waals surface area (Å²) < 4.78 is 0. The van der Waals surface area contributed by atoms with Crippen LogP contribution >= 0.6 is 11.6 Å². The van der Waals surface area contributed by atoms with Gasteiger partial charge in [-0.15, -0.1) is 0 Å². The Morgan fingerprint density at radius 2 is 2.00 bits per heavy atom. The van der Waals surface area contributed by atoms with E-state index in [4.69, 9.17) is 16.4 Å². The summed E-state index contributed by atoms with van der Waals surface area (Å²) in [6.07, 6.45) is 0. The molecule has 0 saturated carbocycles. The zero-order valence-corrected chi connectivity index (χ0v) is 10.9. The van der Waals surface area contributed by atoms with E-state index < -0.39 is 5.41 Å². The van der Waals surface area contributed by atoms with Crippen LogP contribution in [0.1, 0.15) is 19.4 Å². The SMILES string of the molecule is CC1(C)CON(Cc2cc(O)c(O)cc2Cl)C1=O. The summed E-state index contributed by atoms with van der Waals surface area (Å²) in [5, 5.41) is 20.2. The summed E-state index contributed by atoms with van der Waals surface area (Å²) in [6, 6.07) is 2.55. The lowest BCUT2D eigenvalue weighted by molar-refractivity contribution is -0.165. The van der Waals surface area contributed by atoms with Gasteiger partial charge in [0.1, 0.15) is 0 Å². The van der Waals surface area contributed by atoms with Gasteiger partial charge in [-0.25, -0.2) is 5.06 Å². The van der Waals surface area contributed by atoms with Gasteiger partial charge in [0.05, 0.1) is 18.6 Å². The Morgan fingerprint density at radius 3 is 2.56 bits per heavy atom. The molecule has 1 saturated heterocycles. The number of benzene rings is 1. The number of hydroxylamine groups is 2. The normalized spacial score (nSPS) is 18.4. The van der Waals surface area contributed by atoms with Crippen LogP contribution in [-0.4, -0.2) is 27.8 Å². The van der Waals surface area contributed by atoms with E-state index in [0.29, 0.717) is 12.2 Å². The maximum atomic E-state index is 11.9. The van der Waals surface area contributed by atoms with Gasteiger partial charge in [0.2, 0.25) is 0 Å². The number of phenols is 2. The minimum Gasteiger partial charge on any atom is -0.504 e. The summed E-state index contributed by atoms with van der Waals surface area (Å²) >= 11 is 5.93. The number of aromatic hydroxyl groups is 2. The van der Waals surface area contributed by atoms with Gasteiger partial charge in [0.15, 0.2) is 11.5 Å². The third-order valence-electron chi connectivity index (χ3n) is 2.84. The summed E-state index contributed by atoms with van der Waals surface area (Å²) in [5.41, 5.74) is -0.0381. The van der Waals surface area contributed by atoms with Crippen molar-refractivity contribution in [1.82, 2.24) is 5.06 Å². The highest BCUT2D eigenvalue weighted by atomic mass is 35.5. The fourth-order valence-electron chi connectivity index (χ4n) is 1.69. The van der Waals surface area contributed by atoms with Crippen LogP contribution in [0.4, 0.5) is 0 Å². The fraction of sp³-hybridized carbons (Fsp3) is 0.417. The summed E-state index contributed by atoms with van der Waals surface area (Å²) in [4.78, 5) is 17.2. The van der Waals surface area contributed by atoms with Crippen molar-refractivity contribution in [3.63, 3.8) is 0 Å². The number of amides is 1. The topological polar surface area (TPSA) is 70.0 Å². The van der Waals surface area contributed by atoms with E-state index in [-0.39, 0.29) is 29.0 Å². The van der Waals surface area contributed by atoms with Gasteiger partial charge >= 0.3 is 0 Å². The maximum Gasteiger partial charge on any atom is 0.254 e. The Bertz CT molecular complexity index is 501. The van der Waals surface area contributed by atoms with E-state index in [2.05, 4.69) is 0 Å². The van der Waals surface area contributed by atoms with E-state index in [1.807, 2.05) is 0 Å². The second-order valence-corrected chi connectivity index (χ2v) is 5.34. The third-order valence-corrected chi connectivity index (χ3v) is 3.20. The smallest absolute Gasteiger partial charge is 0.254 e. The molecule has 0 bridgehead atoms. The lowest BCUT2D eigenvalue weighted by Gasteiger charge is -2.17. The summed E-state index contributed by atoms with van der Waals surface area (Å²) in [7, 11) is 0. The highest BCUT2D eigenvalue weighted by Crippen LogP contribution is 2.34. The van der Waals surface area contributed by atoms with Crippen LogP contribution in [0, 0.1) is 5.41 Å². The van der Waals surface area contributed by atoms with Crippen molar-refractivity contribution in [3.05, 3.63) is 22.7 Å². The minimum absolute atomic E-state index is 0.133. The van der Waals surface area contributed by atoms with Crippen LogP contribution in [0.25, 0.3) is 0 Å². The molecule has 0 aliphatic carbocycles. The van der Waals surface area contributed by atoms with Gasteiger partial charge in [-0.3, -0.25) is 9.63 Å². The Labute approximate surface area is 109 Å². The maximum absolute atomic E-state index is 11.9. The molecule has 0 radical (unpaired) electrons. The Hall–Kier alpha value is -1.46. The van der Waals surface area contributed by atoms with Crippen molar-refractivity contribution in [2.24, 2.45) is 5.41 Å². The molecule has 1 amide bonds. The van der Waals surface area contributed by atoms with Gasteiger partial charge < -0.3 is 10.2 Å². The number of nitrogens with zero attached hydrogens (tertiary/aromatic N) is 1. The monoisotopic (exact) mass is 271 g/mol. The molecule has 6 heteroatoms. The largest absolute Gasteiger partial charge is 0.504 e. The molecule has 1 aromatic carbocycles. The highest BCUT2D eigenvalue weighted by molar-refractivity contribution is 6.31. The molecular formula is C12H14ClNO4. The number of halogens is 1. The molecule has 1 aliphatic heterocycles. The van der Waals surface area contributed by atoms with Crippen LogP contribution in [0.15, 0.2) is 12.1 Å². The van der Waals surface area contributed by atoms with Gasteiger partial charge in [-0.1, -0.05) is 11.6 Å². The minimum atomic E-state index is -0.550. The Morgan fingerprint density at radius 1 is 1.39 bits per heavy atom. The van der Waals surface area contributed by atoms with Crippen LogP contribution in [-0.2, 0) is 16.2 Å². The first kappa shape index (κ1) is 13.0. The molecule has 1 aliphatic rings. The number of phenolic OH excluding ortho intramolecular Hbond substituents is 2. The van der Waals surface area contributed by atoms with Crippen molar-refractivity contribution in [1.29, 1.82) is 0 Å². The van der Waals surface area contributed by atoms with Crippen molar-refractivity contribution in [3.8, 4) is 11.5 Å². The molecule has 98 valence electrons. The zero-order chi connectivity index (χ0) is 13.5. The molecule has 2 N–H and O–H groups in total. The molecule has 0 aromatic heterocycles. The third kappa shape index (κ3) is 2.23. The fourth-order valence-corrected chi connectivity index (χ4v) is 1.90. The first-order valence-electron chi connectivity index (χ1n) is 5.46. The van der Waals surface area contributed by atoms with E-state index in [9.17, 15) is 15.0 Å². The van der Waals surface area contributed by atoms with Crippen LogP contribution < -0.4 is 0 Å².